The molecule has 2 aromatic rings. The average Bonchev–Trinajstić information content (AvgIpc) is 2.70. The molecule has 5 heteroatoms. The zero-order valence-electron chi connectivity index (χ0n) is 10.1. The van der Waals surface area contributed by atoms with Gasteiger partial charge in [0.25, 0.3) is 0 Å². The Morgan fingerprint density at radius 3 is 3.11 bits per heavy atom. The third-order valence-corrected chi connectivity index (χ3v) is 3.79. The maximum Gasteiger partial charge on any atom is 0.178 e. The molecule has 94 valence electrons. The van der Waals surface area contributed by atoms with E-state index in [9.17, 15) is 0 Å². The van der Waals surface area contributed by atoms with Crippen LogP contribution in [-0.2, 0) is 6.54 Å². The molecule has 0 aliphatic heterocycles. The lowest BCUT2D eigenvalue weighted by atomic mass is 10.3. The lowest BCUT2D eigenvalue weighted by Gasteiger charge is -2.04. The van der Waals surface area contributed by atoms with Gasteiger partial charge in [0.2, 0.25) is 0 Å². The van der Waals surface area contributed by atoms with E-state index in [4.69, 9.17) is 23.4 Å². The fraction of sp³-hybridized carbons (Fsp3) is 0.308. The Balaban J connectivity index is 2.28. The van der Waals surface area contributed by atoms with Crippen LogP contribution in [0.1, 0.15) is 0 Å². The van der Waals surface area contributed by atoms with Crippen molar-refractivity contribution < 1.29 is 4.74 Å². The molecule has 1 aromatic carbocycles. The third-order valence-electron chi connectivity index (χ3n) is 2.63. The second-order valence-electron chi connectivity index (χ2n) is 3.72. The molecule has 3 nitrogen and oxygen atoms in total. The lowest BCUT2D eigenvalue weighted by molar-refractivity contribution is 0.415. The van der Waals surface area contributed by atoms with Crippen molar-refractivity contribution in [1.29, 1.82) is 0 Å². The Bertz CT molecular complexity index is 636. The molecule has 1 aromatic heterocycles. The van der Waals surface area contributed by atoms with Crippen LogP contribution in [0.25, 0.3) is 11.0 Å². The highest BCUT2D eigenvalue weighted by atomic mass is 32.2. The Morgan fingerprint density at radius 2 is 2.39 bits per heavy atom. The summed E-state index contributed by atoms with van der Waals surface area (Å²) in [6, 6.07) is 5.90. The van der Waals surface area contributed by atoms with Crippen molar-refractivity contribution in [2.45, 2.75) is 6.54 Å². The number of rotatable bonds is 5. The number of imidazole rings is 1. The number of aromatic nitrogens is 2. The number of hydrogen-bond acceptors (Lipinski definition) is 3. The monoisotopic (exact) mass is 278 g/mol. The van der Waals surface area contributed by atoms with Gasteiger partial charge >= 0.3 is 0 Å². The van der Waals surface area contributed by atoms with Gasteiger partial charge in [-0.05, 0) is 24.4 Å². The molecule has 0 fully saturated rings. The van der Waals surface area contributed by atoms with Crippen LogP contribution in [0.15, 0.2) is 18.2 Å². The number of aryl methyl sites for hydroxylation is 1. The molecule has 0 atom stereocenters. The van der Waals surface area contributed by atoms with Gasteiger partial charge in [-0.25, -0.2) is 0 Å². The minimum absolute atomic E-state index is 0.735. The summed E-state index contributed by atoms with van der Waals surface area (Å²) in [5.41, 5.74) is 2.10. The van der Waals surface area contributed by atoms with Crippen molar-refractivity contribution in [3.05, 3.63) is 23.0 Å². The first-order valence-corrected chi connectivity index (χ1v) is 7.10. The van der Waals surface area contributed by atoms with Crippen molar-refractivity contribution >= 4 is 35.0 Å². The molecular formula is C13H14N2OS2. The van der Waals surface area contributed by atoms with E-state index in [1.165, 1.54) is 0 Å². The van der Waals surface area contributed by atoms with Crippen LogP contribution in [-0.4, -0.2) is 28.2 Å². The van der Waals surface area contributed by atoms with Crippen LogP contribution in [0, 0.1) is 17.1 Å². The molecule has 0 aliphatic carbocycles. The smallest absolute Gasteiger partial charge is 0.178 e. The van der Waals surface area contributed by atoms with Crippen molar-refractivity contribution in [3.8, 4) is 18.1 Å². The van der Waals surface area contributed by atoms with Gasteiger partial charge in [-0.1, -0.05) is 5.92 Å². The zero-order chi connectivity index (χ0) is 13.0. The topological polar surface area (TPSA) is 29.9 Å². The summed E-state index contributed by atoms with van der Waals surface area (Å²) in [4.78, 5) is 3.19. The number of nitrogens with zero attached hydrogens (tertiary/aromatic N) is 1. The number of fused-ring (bicyclic) bond motifs is 1. The Morgan fingerprint density at radius 1 is 1.56 bits per heavy atom. The molecule has 0 aliphatic rings. The van der Waals surface area contributed by atoms with E-state index in [0.717, 1.165) is 39.6 Å². The van der Waals surface area contributed by atoms with Gasteiger partial charge in [0.15, 0.2) is 4.77 Å². The first kappa shape index (κ1) is 13.1. The predicted molar refractivity (Wildman–Crippen MR) is 79.8 cm³/mol. The van der Waals surface area contributed by atoms with Gasteiger partial charge in [-0.2, -0.15) is 0 Å². The van der Waals surface area contributed by atoms with Crippen LogP contribution in [0.4, 0.5) is 0 Å². The van der Waals surface area contributed by atoms with Gasteiger partial charge in [-0.15, -0.1) is 18.2 Å². The van der Waals surface area contributed by atoms with E-state index >= 15 is 0 Å². The maximum atomic E-state index is 5.33. The summed E-state index contributed by atoms with van der Waals surface area (Å²) >= 11 is 7.06. The fourth-order valence-corrected chi connectivity index (χ4v) is 2.64. The number of hydrogen-bond donors (Lipinski definition) is 1. The Labute approximate surface area is 116 Å². The zero-order valence-corrected chi connectivity index (χ0v) is 11.7. The van der Waals surface area contributed by atoms with E-state index in [1.807, 2.05) is 18.2 Å². The van der Waals surface area contributed by atoms with Crippen molar-refractivity contribution in [1.82, 2.24) is 9.55 Å². The number of aromatic amines is 1. The molecule has 0 spiro atoms. The number of benzene rings is 1. The predicted octanol–water partition coefficient (Wildman–Crippen LogP) is 3.07. The van der Waals surface area contributed by atoms with Crippen LogP contribution >= 0.6 is 24.0 Å². The molecule has 2 rings (SSSR count). The number of nitrogens with one attached hydrogen (secondary N) is 1. The quantitative estimate of drug-likeness (QED) is 0.518. The Kier molecular flexibility index (Phi) is 4.34. The second-order valence-corrected chi connectivity index (χ2v) is 5.21. The van der Waals surface area contributed by atoms with Crippen LogP contribution < -0.4 is 4.74 Å². The number of terminal acetylenes is 1. The van der Waals surface area contributed by atoms with Gasteiger partial charge < -0.3 is 14.3 Å². The largest absolute Gasteiger partial charge is 0.497 e. The molecule has 1 heterocycles. The summed E-state index contributed by atoms with van der Waals surface area (Å²) in [5.74, 6) is 5.13. The lowest BCUT2D eigenvalue weighted by Crippen LogP contribution is -2.00. The van der Waals surface area contributed by atoms with Crippen molar-refractivity contribution in [2.75, 3.05) is 18.6 Å². The summed E-state index contributed by atoms with van der Waals surface area (Å²) < 4.78 is 8.05. The summed E-state index contributed by atoms with van der Waals surface area (Å²) in [7, 11) is 1.66. The minimum atomic E-state index is 0.735. The van der Waals surface area contributed by atoms with E-state index < -0.39 is 0 Å². The Hall–Kier alpha value is -1.38. The maximum absolute atomic E-state index is 5.33. The number of methoxy groups -OCH3 is 1. The number of H-pyrrole nitrogens is 1. The average molecular weight is 278 g/mol. The number of ether oxygens (including phenoxy) is 1. The summed E-state index contributed by atoms with van der Waals surface area (Å²) in [6.45, 7) is 0.846. The summed E-state index contributed by atoms with van der Waals surface area (Å²) in [5, 5.41) is 0. The van der Waals surface area contributed by atoms with Crippen molar-refractivity contribution in [3.63, 3.8) is 0 Å². The molecule has 18 heavy (non-hydrogen) atoms. The van der Waals surface area contributed by atoms with Crippen LogP contribution in [0.5, 0.6) is 5.75 Å². The molecule has 0 radical (unpaired) electrons. The van der Waals surface area contributed by atoms with Gasteiger partial charge in [-0.3, -0.25) is 0 Å². The van der Waals surface area contributed by atoms with Gasteiger partial charge in [0.05, 0.1) is 23.9 Å². The van der Waals surface area contributed by atoms with E-state index in [0.29, 0.717) is 0 Å². The van der Waals surface area contributed by atoms with Crippen molar-refractivity contribution in [2.24, 2.45) is 0 Å². The van der Waals surface area contributed by atoms with Gasteiger partial charge in [0.1, 0.15) is 5.75 Å². The molecule has 0 saturated carbocycles. The standard InChI is InChI=1S/C13H14N2OS2/c1-3-7-18-8-6-15-12-9-10(16-2)4-5-11(12)14-13(15)17/h1,4-5,9H,6-8H2,2H3,(H,14,17). The fourth-order valence-electron chi connectivity index (χ4n) is 1.77. The van der Waals surface area contributed by atoms with Crippen LogP contribution in [0.2, 0.25) is 0 Å². The molecule has 0 amide bonds. The SMILES string of the molecule is C#CCSCCn1c(=S)[nH]c2ccc(OC)cc21. The molecular weight excluding hydrogens is 264 g/mol. The highest BCUT2D eigenvalue weighted by molar-refractivity contribution is 7.99. The molecule has 0 unspecified atom stereocenters. The van der Waals surface area contributed by atoms with E-state index in [-0.39, 0.29) is 0 Å². The van der Waals surface area contributed by atoms with E-state index in [2.05, 4.69) is 15.5 Å². The van der Waals surface area contributed by atoms with E-state index in [1.54, 1.807) is 18.9 Å². The third kappa shape index (κ3) is 2.71. The highest BCUT2D eigenvalue weighted by Crippen LogP contribution is 2.21. The molecule has 1 N–H and O–H groups in total. The van der Waals surface area contributed by atoms with Gasteiger partial charge in [0, 0.05) is 18.4 Å². The molecule has 0 saturated heterocycles. The van der Waals surface area contributed by atoms with Crippen LogP contribution in [0.3, 0.4) is 0 Å². The first-order chi connectivity index (χ1) is 8.76. The number of thioether (sulfide) groups is 1. The second kappa shape index (κ2) is 5.98. The minimum Gasteiger partial charge on any atom is -0.497 e. The highest BCUT2D eigenvalue weighted by Gasteiger charge is 2.05. The first-order valence-electron chi connectivity index (χ1n) is 5.54. The molecule has 0 bridgehead atoms. The normalized spacial score (nSPS) is 10.4. The summed E-state index contributed by atoms with van der Waals surface area (Å²) in [6.07, 6.45) is 5.23.